The lowest BCUT2D eigenvalue weighted by atomic mass is 10.4. The van der Waals surface area contributed by atoms with E-state index in [2.05, 4.69) is 0 Å². The van der Waals surface area contributed by atoms with Gasteiger partial charge in [-0.2, -0.15) is 0 Å². The van der Waals surface area contributed by atoms with Crippen LogP contribution in [0.4, 0.5) is 0 Å². The fourth-order valence-corrected chi connectivity index (χ4v) is 1.10. The molecule has 0 aromatic carbocycles. The molecule has 5 nitrogen and oxygen atoms in total. The van der Waals surface area contributed by atoms with Crippen LogP contribution >= 0.6 is 0 Å². The molecule has 0 fully saturated rings. The van der Waals surface area contributed by atoms with Gasteiger partial charge < -0.3 is 24.4 Å². The molecule has 0 saturated heterocycles. The van der Waals surface area contributed by atoms with Gasteiger partial charge in [-0.05, 0) is 27.7 Å². The quantitative estimate of drug-likeness (QED) is 0.593. The lowest BCUT2D eigenvalue weighted by molar-refractivity contribution is -0.0696. The summed E-state index contributed by atoms with van der Waals surface area (Å²) >= 11 is 0. The van der Waals surface area contributed by atoms with Gasteiger partial charge in [-0.15, -0.1) is 0 Å². The van der Waals surface area contributed by atoms with Crippen molar-refractivity contribution in [2.24, 2.45) is 0 Å². The Hall–Kier alpha value is -0.200. The first kappa shape index (κ1) is 16.8. The summed E-state index contributed by atoms with van der Waals surface area (Å²) in [5.41, 5.74) is 0. The highest BCUT2D eigenvalue weighted by Gasteiger charge is 2.08. The Bertz CT molecular complexity index is 154. The Morgan fingerprint density at radius 1 is 0.706 bits per heavy atom. The first-order chi connectivity index (χ1) is 7.91. The molecular weight excluding hydrogens is 224 g/mol. The molecular formula is C12H26O5. The van der Waals surface area contributed by atoms with Crippen LogP contribution < -0.4 is 0 Å². The van der Waals surface area contributed by atoms with Crippen molar-refractivity contribution in [3.63, 3.8) is 0 Å². The molecule has 0 amide bonds. The van der Waals surface area contributed by atoms with E-state index in [0.717, 1.165) is 0 Å². The van der Waals surface area contributed by atoms with Crippen LogP contribution in [-0.4, -0.2) is 61.1 Å². The molecule has 4 unspecified atom stereocenters. The molecule has 0 aromatic rings. The van der Waals surface area contributed by atoms with Gasteiger partial charge >= 0.3 is 0 Å². The molecule has 0 heterocycles. The zero-order valence-electron chi connectivity index (χ0n) is 11.3. The summed E-state index contributed by atoms with van der Waals surface area (Å²) in [6.45, 7) is 8.72. The van der Waals surface area contributed by atoms with Gasteiger partial charge in [0, 0.05) is 0 Å². The SMILES string of the molecule is CC(O)COC(C)COCC(C)OCC(C)O. The Labute approximate surface area is 104 Å². The van der Waals surface area contributed by atoms with Crippen LogP contribution in [0.5, 0.6) is 0 Å². The van der Waals surface area contributed by atoms with Crippen LogP contribution in [0.3, 0.4) is 0 Å². The highest BCUT2D eigenvalue weighted by molar-refractivity contribution is 4.54. The minimum Gasteiger partial charge on any atom is -0.391 e. The van der Waals surface area contributed by atoms with E-state index in [1.54, 1.807) is 13.8 Å². The van der Waals surface area contributed by atoms with Crippen molar-refractivity contribution in [2.75, 3.05) is 26.4 Å². The number of hydrogen-bond acceptors (Lipinski definition) is 5. The predicted octanol–water partition coefficient (Wildman–Crippen LogP) is 0.575. The molecule has 104 valence electrons. The van der Waals surface area contributed by atoms with E-state index in [9.17, 15) is 0 Å². The maximum absolute atomic E-state index is 9.03. The predicted molar refractivity (Wildman–Crippen MR) is 65.0 cm³/mol. The van der Waals surface area contributed by atoms with Crippen LogP contribution in [0, 0.1) is 0 Å². The van der Waals surface area contributed by atoms with Gasteiger partial charge in [0.2, 0.25) is 0 Å². The van der Waals surface area contributed by atoms with Gasteiger partial charge in [0.1, 0.15) is 0 Å². The van der Waals surface area contributed by atoms with Gasteiger partial charge in [-0.25, -0.2) is 0 Å². The smallest absolute Gasteiger partial charge is 0.0781 e. The number of aliphatic hydroxyl groups is 2. The summed E-state index contributed by atoms with van der Waals surface area (Å²) in [6.07, 6.45) is -1.00. The minimum atomic E-state index is -0.453. The number of ether oxygens (including phenoxy) is 3. The van der Waals surface area contributed by atoms with Crippen LogP contribution in [0.2, 0.25) is 0 Å². The average Bonchev–Trinajstić information content (AvgIpc) is 2.23. The van der Waals surface area contributed by atoms with Gasteiger partial charge in [0.25, 0.3) is 0 Å². The van der Waals surface area contributed by atoms with Crippen molar-refractivity contribution in [2.45, 2.75) is 52.1 Å². The fourth-order valence-electron chi connectivity index (χ4n) is 1.10. The van der Waals surface area contributed by atoms with E-state index in [4.69, 9.17) is 24.4 Å². The molecule has 0 aliphatic carbocycles. The van der Waals surface area contributed by atoms with E-state index < -0.39 is 12.2 Å². The topological polar surface area (TPSA) is 68.2 Å². The van der Waals surface area contributed by atoms with E-state index >= 15 is 0 Å². The van der Waals surface area contributed by atoms with Crippen molar-refractivity contribution in [1.29, 1.82) is 0 Å². The lowest BCUT2D eigenvalue weighted by Gasteiger charge is -2.17. The van der Waals surface area contributed by atoms with E-state index in [1.807, 2.05) is 13.8 Å². The van der Waals surface area contributed by atoms with Crippen molar-refractivity contribution < 1.29 is 24.4 Å². The third kappa shape index (κ3) is 12.1. The average molecular weight is 250 g/mol. The molecule has 0 aliphatic rings. The van der Waals surface area contributed by atoms with Gasteiger partial charge in [0.15, 0.2) is 0 Å². The van der Waals surface area contributed by atoms with Crippen LogP contribution in [0.1, 0.15) is 27.7 Å². The zero-order chi connectivity index (χ0) is 13.3. The lowest BCUT2D eigenvalue weighted by Crippen LogP contribution is -2.25. The monoisotopic (exact) mass is 250 g/mol. The van der Waals surface area contributed by atoms with Crippen molar-refractivity contribution >= 4 is 0 Å². The first-order valence-corrected chi connectivity index (χ1v) is 6.08. The summed E-state index contributed by atoms with van der Waals surface area (Å²) in [6, 6.07) is 0. The summed E-state index contributed by atoms with van der Waals surface area (Å²) in [5.74, 6) is 0. The Balaban J connectivity index is 3.42. The maximum atomic E-state index is 9.03. The van der Waals surface area contributed by atoms with Gasteiger partial charge in [0.05, 0.1) is 50.8 Å². The summed E-state index contributed by atoms with van der Waals surface area (Å²) in [7, 11) is 0. The first-order valence-electron chi connectivity index (χ1n) is 6.08. The molecule has 5 heteroatoms. The summed E-state index contributed by atoms with van der Waals surface area (Å²) in [4.78, 5) is 0. The third-order valence-electron chi connectivity index (χ3n) is 1.95. The molecule has 0 aromatic heterocycles. The Morgan fingerprint density at radius 3 is 1.35 bits per heavy atom. The molecule has 0 saturated carbocycles. The summed E-state index contributed by atoms with van der Waals surface area (Å²) in [5, 5.41) is 18.1. The second-order valence-electron chi connectivity index (χ2n) is 4.52. The molecule has 0 radical (unpaired) electrons. The molecule has 2 N–H and O–H groups in total. The third-order valence-corrected chi connectivity index (χ3v) is 1.95. The van der Waals surface area contributed by atoms with Crippen LogP contribution in [0.15, 0.2) is 0 Å². The largest absolute Gasteiger partial charge is 0.391 e. The van der Waals surface area contributed by atoms with E-state index in [-0.39, 0.29) is 12.2 Å². The van der Waals surface area contributed by atoms with Crippen molar-refractivity contribution in [1.82, 2.24) is 0 Å². The minimum absolute atomic E-state index is 0.0476. The Kier molecular flexibility index (Phi) is 9.68. The molecule has 0 bridgehead atoms. The van der Waals surface area contributed by atoms with Crippen molar-refractivity contribution in [3.8, 4) is 0 Å². The number of hydrogen-bond donors (Lipinski definition) is 2. The van der Waals surface area contributed by atoms with Gasteiger partial charge in [-0.3, -0.25) is 0 Å². The fraction of sp³-hybridized carbons (Fsp3) is 1.00. The summed E-state index contributed by atoms with van der Waals surface area (Å²) < 4.78 is 16.1. The highest BCUT2D eigenvalue weighted by Crippen LogP contribution is 1.98. The van der Waals surface area contributed by atoms with Crippen LogP contribution in [0.25, 0.3) is 0 Å². The van der Waals surface area contributed by atoms with E-state index in [1.165, 1.54) is 0 Å². The standard InChI is InChI=1S/C12H26O5/c1-9(13)5-16-11(3)7-15-8-12(4)17-6-10(2)14/h9-14H,5-8H2,1-4H3. The number of aliphatic hydroxyl groups excluding tert-OH is 2. The maximum Gasteiger partial charge on any atom is 0.0781 e. The van der Waals surface area contributed by atoms with E-state index in [0.29, 0.717) is 26.4 Å². The van der Waals surface area contributed by atoms with Crippen molar-refractivity contribution in [3.05, 3.63) is 0 Å². The van der Waals surface area contributed by atoms with Crippen LogP contribution in [-0.2, 0) is 14.2 Å². The molecule has 17 heavy (non-hydrogen) atoms. The Morgan fingerprint density at radius 2 is 1.06 bits per heavy atom. The zero-order valence-corrected chi connectivity index (χ0v) is 11.3. The molecule has 0 aliphatic heterocycles. The van der Waals surface area contributed by atoms with Gasteiger partial charge in [-0.1, -0.05) is 0 Å². The normalized spacial score (nSPS) is 18.7. The highest BCUT2D eigenvalue weighted by atomic mass is 16.6. The number of rotatable bonds is 10. The molecule has 0 spiro atoms. The second kappa shape index (κ2) is 9.79. The second-order valence-corrected chi connectivity index (χ2v) is 4.52. The molecule has 4 atom stereocenters. The molecule has 0 rings (SSSR count).